The van der Waals surface area contributed by atoms with Crippen LogP contribution in [-0.2, 0) is 11.0 Å². The van der Waals surface area contributed by atoms with Crippen LogP contribution in [0.4, 0.5) is 18.9 Å². The van der Waals surface area contributed by atoms with Crippen molar-refractivity contribution in [2.24, 2.45) is 0 Å². The van der Waals surface area contributed by atoms with Gasteiger partial charge in [0.15, 0.2) is 4.32 Å². The third-order valence-electron chi connectivity index (χ3n) is 3.72. The average molecular weight is 409 g/mol. The lowest BCUT2D eigenvalue weighted by molar-refractivity contribution is -0.137. The fourth-order valence-corrected chi connectivity index (χ4v) is 3.74. The number of thiocarbonyl (C=S) groups is 1. The quantitative estimate of drug-likeness (QED) is 0.583. The number of rotatable bonds is 3. The molecule has 2 aromatic carbocycles. The molecule has 0 bridgehead atoms. The van der Waals surface area contributed by atoms with Crippen molar-refractivity contribution in [3.63, 3.8) is 0 Å². The maximum atomic E-state index is 12.7. The summed E-state index contributed by atoms with van der Waals surface area (Å²) in [6.45, 7) is 0. The second kappa shape index (κ2) is 7.16. The summed E-state index contributed by atoms with van der Waals surface area (Å²) in [6.07, 6.45) is -3.07. The summed E-state index contributed by atoms with van der Waals surface area (Å²) in [6, 6.07) is 10.2. The van der Waals surface area contributed by atoms with Crippen molar-refractivity contribution in [3.05, 3.63) is 70.1 Å². The normalized spacial score (nSPS) is 16.3. The molecule has 9 heteroatoms. The van der Waals surface area contributed by atoms with E-state index in [1.807, 2.05) is 0 Å². The SMILES string of the molecule is O=C(O)c1ccccc1/C=C1\SC(=S)N(c2ccc(C(F)(F)F)cc2)C1=O. The summed E-state index contributed by atoms with van der Waals surface area (Å²) in [5, 5.41) is 9.23. The molecule has 0 radical (unpaired) electrons. The number of nitrogens with zero attached hydrogens (tertiary/aromatic N) is 1. The number of hydrogen-bond donors (Lipinski definition) is 1. The first-order valence-corrected chi connectivity index (χ1v) is 8.68. The number of carboxylic acid groups (broad SMARTS) is 1. The van der Waals surface area contributed by atoms with E-state index < -0.39 is 23.6 Å². The average Bonchev–Trinajstić information content (AvgIpc) is 2.88. The second-order valence-electron chi connectivity index (χ2n) is 5.45. The minimum atomic E-state index is -4.48. The molecule has 1 heterocycles. The largest absolute Gasteiger partial charge is 0.478 e. The van der Waals surface area contributed by atoms with Crippen LogP contribution in [0.5, 0.6) is 0 Å². The van der Waals surface area contributed by atoms with Crippen LogP contribution in [0.3, 0.4) is 0 Å². The zero-order valence-electron chi connectivity index (χ0n) is 13.4. The Morgan fingerprint density at radius 1 is 1.11 bits per heavy atom. The Balaban J connectivity index is 1.93. The van der Waals surface area contributed by atoms with Crippen LogP contribution in [0.15, 0.2) is 53.4 Å². The molecule has 1 aliphatic rings. The predicted molar refractivity (Wildman–Crippen MR) is 100 cm³/mol. The van der Waals surface area contributed by atoms with Crippen LogP contribution >= 0.6 is 24.0 Å². The minimum Gasteiger partial charge on any atom is -0.478 e. The summed E-state index contributed by atoms with van der Waals surface area (Å²) in [5.41, 5.74) is -0.266. The number of amides is 1. The Kier molecular flexibility index (Phi) is 5.07. The van der Waals surface area contributed by atoms with Gasteiger partial charge in [0.25, 0.3) is 5.91 Å². The number of carboxylic acids is 1. The maximum absolute atomic E-state index is 12.7. The number of carbonyl (C=O) groups excluding carboxylic acids is 1. The van der Waals surface area contributed by atoms with Gasteiger partial charge in [-0.05, 0) is 42.0 Å². The number of alkyl halides is 3. The Hall–Kier alpha value is -2.65. The molecule has 1 amide bonds. The van der Waals surface area contributed by atoms with Crippen molar-refractivity contribution in [2.75, 3.05) is 4.90 Å². The van der Waals surface area contributed by atoms with Gasteiger partial charge in [-0.15, -0.1) is 0 Å². The van der Waals surface area contributed by atoms with Crippen molar-refractivity contribution in [1.29, 1.82) is 0 Å². The fraction of sp³-hybridized carbons (Fsp3) is 0.0556. The highest BCUT2D eigenvalue weighted by atomic mass is 32.2. The van der Waals surface area contributed by atoms with E-state index in [1.54, 1.807) is 18.2 Å². The highest BCUT2D eigenvalue weighted by molar-refractivity contribution is 8.27. The lowest BCUT2D eigenvalue weighted by Crippen LogP contribution is -2.27. The van der Waals surface area contributed by atoms with Gasteiger partial charge in [-0.3, -0.25) is 9.69 Å². The second-order valence-corrected chi connectivity index (χ2v) is 7.13. The number of anilines is 1. The summed E-state index contributed by atoms with van der Waals surface area (Å²) in [5.74, 6) is -1.66. The van der Waals surface area contributed by atoms with E-state index in [4.69, 9.17) is 12.2 Å². The van der Waals surface area contributed by atoms with Crippen LogP contribution in [0, 0.1) is 0 Å². The van der Waals surface area contributed by atoms with Gasteiger partial charge in [-0.2, -0.15) is 13.2 Å². The molecule has 1 saturated heterocycles. The number of halogens is 3. The molecule has 0 spiro atoms. The summed E-state index contributed by atoms with van der Waals surface area (Å²) in [4.78, 5) is 25.3. The third kappa shape index (κ3) is 3.88. The summed E-state index contributed by atoms with van der Waals surface area (Å²) in [7, 11) is 0. The van der Waals surface area contributed by atoms with E-state index in [0.717, 1.165) is 28.8 Å². The van der Waals surface area contributed by atoms with Crippen molar-refractivity contribution < 1.29 is 27.9 Å². The number of hydrogen-bond acceptors (Lipinski definition) is 4. The Morgan fingerprint density at radius 2 is 1.74 bits per heavy atom. The number of benzene rings is 2. The first-order valence-electron chi connectivity index (χ1n) is 7.46. The summed E-state index contributed by atoms with van der Waals surface area (Å²) < 4.78 is 38.2. The molecular formula is C18H10F3NO3S2. The number of aromatic carboxylic acids is 1. The molecule has 0 aliphatic carbocycles. The molecule has 0 aromatic heterocycles. The third-order valence-corrected chi connectivity index (χ3v) is 5.03. The van der Waals surface area contributed by atoms with Crippen molar-refractivity contribution in [1.82, 2.24) is 0 Å². The Labute approximate surface area is 161 Å². The molecule has 1 N–H and O–H groups in total. The van der Waals surface area contributed by atoms with E-state index in [9.17, 15) is 27.9 Å². The van der Waals surface area contributed by atoms with Gasteiger partial charge in [-0.25, -0.2) is 4.79 Å². The first kappa shape index (κ1) is 19.1. The molecule has 2 aromatic rings. The van der Waals surface area contributed by atoms with Crippen molar-refractivity contribution >= 4 is 51.9 Å². The van der Waals surface area contributed by atoms with Gasteiger partial charge in [0, 0.05) is 0 Å². The predicted octanol–water partition coefficient (Wildman–Crippen LogP) is 4.81. The molecule has 3 rings (SSSR count). The van der Waals surface area contributed by atoms with Gasteiger partial charge < -0.3 is 5.11 Å². The molecule has 0 atom stereocenters. The van der Waals surface area contributed by atoms with Crippen LogP contribution in [0.2, 0.25) is 0 Å². The highest BCUT2D eigenvalue weighted by Crippen LogP contribution is 2.37. The van der Waals surface area contributed by atoms with E-state index in [-0.39, 0.29) is 20.5 Å². The molecule has 0 saturated carbocycles. The van der Waals surface area contributed by atoms with Crippen LogP contribution in [-0.4, -0.2) is 21.3 Å². The van der Waals surface area contributed by atoms with E-state index in [0.29, 0.717) is 5.56 Å². The summed E-state index contributed by atoms with van der Waals surface area (Å²) >= 11 is 6.13. The van der Waals surface area contributed by atoms with Crippen LogP contribution in [0.25, 0.3) is 6.08 Å². The zero-order valence-corrected chi connectivity index (χ0v) is 15.0. The molecule has 1 aliphatic heterocycles. The van der Waals surface area contributed by atoms with Gasteiger partial charge >= 0.3 is 12.1 Å². The zero-order chi connectivity index (χ0) is 19.8. The Bertz CT molecular complexity index is 969. The molecule has 4 nitrogen and oxygen atoms in total. The van der Waals surface area contributed by atoms with E-state index >= 15 is 0 Å². The van der Waals surface area contributed by atoms with Gasteiger partial charge in [0.1, 0.15) is 0 Å². The minimum absolute atomic E-state index is 0.0253. The van der Waals surface area contributed by atoms with Crippen LogP contribution in [0.1, 0.15) is 21.5 Å². The molecule has 27 heavy (non-hydrogen) atoms. The topological polar surface area (TPSA) is 57.6 Å². The molecular weight excluding hydrogens is 399 g/mol. The van der Waals surface area contributed by atoms with Gasteiger partial charge in [-0.1, -0.05) is 42.2 Å². The lowest BCUT2D eigenvalue weighted by Gasteiger charge is -2.15. The molecule has 1 fully saturated rings. The lowest BCUT2D eigenvalue weighted by atomic mass is 10.1. The van der Waals surface area contributed by atoms with Crippen molar-refractivity contribution in [2.45, 2.75) is 6.18 Å². The Morgan fingerprint density at radius 3 is 2.33 bits per heavy atom. The van der Waals surface area contributed by atoms with Crippen LogP contribution < -0.4 is 4.90 Å². The molecule has 0 unspecified atom stereocenters. The van der Waals surface area contributed by atoms with Crippen molar-refractivity contribution in [3.8, 4) is 0 Å². The first-order chi connectivity index (χ1) is 12.7. The number of thioether (sulfide) groups is 1. The highest BCUT2D eigenvalue weighted by Gasteiger charge is 2.35. The maximum Gasteiger partial charge on any atom is 0.416 e. The fourth-order valence-electron chi connectivity index (χ4n) is 2.45. The van der Waals surface area contributed by atoms with E-state index in [1.165, 1.54) is 24.3 Å². The monoisotopic (exact) mass is 409 g/mol. The number of carbonyl (C=O) groups is 2. The van der Waals surface area contributed by atoms with E-state index in [2.05, 4.69) is 0 Å². The van der Waals surface area contributed by atoms with Gasteiger partial charge in [0.2, 0.25) is 0 Å². The molecule has 138 valence electrons. The van der Waals surface area contributed by atoms with Gasteiger partial charge in [0.05, 0.1) is 21.7 Å². The standard InChI is InChI=1S/C18H10F3NO3S2/c19-18(20,21)11-5-7-12(8-6-11)22-15(23)14(27-17(22)26)9-10-3-1-2-4-13(10)16(24)25/h1-9H,(H,24,25)/b14-9-. The smallest absolute Gasteiger partial charge is 0.416 e.